The monoisotopic (exact) mass is 259 g/mol. The van der Waals surface area contributed by atoms with Gasteiger partial charge in [0.2, 0.25) is 0 Å². The molecule has 0 unspecified atom stereocenters. The Morgan fingerprint density at radius 3 is 2.42 bits per heavy atom. The summed E-state index contributed by atoms with van der Waals surface area (Å²) in [6, 6.07) is 11.1. The molecule has 3 rings (SSSR count). The molecule has 2 amide bonds. The first kappa shape index (κ1) is 12.5. The van der Waals surface area contributed by atoms with E-state index in [1.165, 1.54) is 5.56 Å². The highest BCUT2D eigenvalue weighted by atomic mass is 16.2. The Balaban J connectivity index is 1.45. The molecule has 0 radical (unpaired) electrons. The van der Waals surface area contributed by atoms with Gasteiger partial charge in [-0.3, -0.25) is 4.90 Å². The first-order valence-corrected chi connectivity index (χ1v) is 7.13. The van der Waals surface area contributed by atoms with E-state index in [1.807, 2.05) is 11.0 Å². The molecule has 2 aliphatic rings. The number of piperazine rings is 1. The zero-order valence-electron chi connectivity index (χ0n) is 11.2. The minimum absolute atomic E-state index is 0.127. The quantitative estimate of drug-likeness (QED) is 0.896. The number of nitrogens with zero attached hydrogens (tertiary/aromatic N) is 2. The van der Waals surface area contributed by atoms with Crippen molar-refractivity contribution in [1.29, 1.82) is 0 Å². The lowest BCUT2D eigenvalue weighted by Gasteiger charge is -2.34. The van der Waals surface area contributed by atoms with E-state index in [9.17, 15) is 4.79 Å². The summed E-state index contributed by atoms with van der Waals surface area (Å²) in [5, 5.41) is 3.06. The van der Waals surface area contributed by atoms with Gasteiger partial charge in [0.05, 0.1) is 0 Å². The van der Waals surface area contributed by atoms with Crippen LogP contribution in [0.1, 0.15) is 18.4 Å². The summed E-state index contributed by atoms with van der Waals surface area (Å²) in [7, 11) is 0. The summed E-state index contributed by atoms with van der Waals surface area (Å²) in [5.74, 6) is 0. The number of amides is 2. The van der Waals surface area contributed by atoms with Gasteiger partial charge in [-0.1, -0.05) is 30.3 Å². The van der Waals surface area contributed by atoms with Crippen LogP contribution in [0, 0.1) is 0 Å². The molecule has 0 bridgehead atoms. The predicted molar refractivity (Wildman–Crippen MR) is 74.8 cm³/mol. The van der Waals surface area contributed by atoms with E-state index >= 15 is 0 Å². The van der Waals surface area contributed by atoms with Gasteiger partial charge in [0.25, 0.3) is 0 Å². The van der Waals surface area contributed by atoms with Crippen LogP contribution >= 0.6 is 0 Å². The van der Waals surface area contributed by atoms with Crippen molar-refractivity contribution in [3.8, 4) is 0 Å². The zero-order valence-corrected chi connectivity index (χ0v) is 11.2. The number of rotatable bonds is 3. The van der Waals surface area contributed by atoms with Crippen LogP contribution in [-0.2, 0) is 6.54 Å². The van der Waals surface area contributed by atoms with Crippen molar-refractivity contribution in [1.82, 2.24) is 15.1 Å². The third kappa shape index (κ3) is 3.47. The summed E-state index contributed by atoms with van der Waals surface area (Å²) in [6.07, 6.45) is 2.30. The van der Waals surface area contributed by atoms with Crippen LogP contribution in [0.2, 0.25) is 0 Å². The second kappa shape index (κ2) is 5.61. The molecule has 0 atom stereocenters. The normalized spacial score (nSPS) is 20.3. The van der Waals surface area contributed by atoms with E-state index in [4.69, 9.17) is 0 Å². The molecular formula is C15H21N3O. The topological polar surface area (TPSA) is 35.6 Å². The van der Waals surface area contributed by atoms with Crippen LogP contribution in [0.25, 0.3) is 0 Å². The highest BCUT2D eigenvalue weighted by Gasteiger charge is 2.27. The lowest BCUT2D eigenvalue weighted by Crippen LogP contribution is -2.51. The summed E-state index contributed by atoms with van der Waals surface area (Å²) >= 11 is 0. The van der Waals surface area contributed by atoms with Gasteiger partial charge in [-0.05, 0) is 18.4 Å². The Labute approximate surface area is 114 Å². The average molecular weight is 259 g/mol. The zero-order chi connectivity index (χ0) is 13.1. The first-order valence-electron chi connectivity index (χ1n) is 7.13. The molecule has 1 heterocycles. The molecule has 4 heteroatoms. The van der Waals surface area contributed by atoms with Gasteiger partial charge in [0.15, 0.2) is 0 Å². The standard InChI is InChI=1S/C15H21N3O/c19-15(16-14-6-7-14)18-10-8-17(9-11-18)12-13-4-2-1-3-5-13/h1-5,14H,6-12H2,(H,16,19). The third-order valence-corrected chi connectivity index (χ3v) is 3.81. The minimum Gasteiger partial charge on any atom is -0.335 e. The first-order chi connectivity index (χ1) is 9.31. The average Bonchev–Trinajstić information content (AvgIpc) is 3.25. The maximum Gasteiger partial charge on any atom is 0.317 e. The van der Waals surface area contributed by atoms with Gasteiger partial charge in [-0.25, -0.2) is 4.79 Å². The van der Waals surface area contributed by atoms with Crippen molar-refractivity contribution >= 4 is 6.03 Å². The van der Waals surface area contributed by atoms with Crippen molar-refractivity contribution in [3.05, 3.63) is 35.9 Å². The number of carbonyl (C=O) groups is 1. The maximum absolute atomic E-state index is 11.9. The van der Waals surface area contributed by atoms with Gasteiger partial charge >= 0.3 is 6.03 Å². The molecule has 1 aliphatic carbocycles. The Morgan fingerprint density at radius 1 is 1.11 bits per heavy atom. The van der Waals surface area contributed by atoms with Gasteiger partial charge in [0.1, 0.15) is 0 Å². The number of hydrogen-bond donors (Lipinski definition) is 1. The van der Waals surface area contributed by atoms with Gasteiger partial charge in [0, 0.05) is 38.8 Å². The Kier molecular flexibility index (Phi) is 3.69. The maximum atomic E-state index is 11.9. The molecule has 2 fully saturated rings. The van der Waals surface area contributed by atoms with Crippen molar-refractivity contribution < 1.29 is 4.79 Å². The van der Waals surface area contributed by atoms with E-state index in [1.54, 1.807) is 0 Å². The van der Waals surface area contributed by atoms with Gasteiger partial charge < -0.3 is 10.2 Å². The van der Waals surface area contributed by atoms with Crippen LogP contribution in [0.4, 0.5) is 4.79 Å². The Morgan fingerprint density at radius 2 is 1.79 bits per heavy atom. The second-order valence-electron chi connectivity index (χ2n) is 5.47. The SMILES string of the molecule is O=C(NC1CC1)N1CCN(Cc2ccccc2)CC1. The summed E-state index contributed by atoms with van der Waals surface area (Å²) in [4.78, 5) is 16.3. The summed E-state index contributed by atoms with van der Waals surface area (Å²) in [5.41, 5.74) is 1.35. The molecule has 4 nitrogen and oxygen atoms in total. The minimum atomic E-state index is 0.127. The molecule has 1 aliphatic heterocycles. The van der Waals surface area contributed by atoms with Crippen molar-refractivity contribution in [2.75, 3.05) is 26.2 Å². The third-order valence-electron chi connectivity index (χ3n) is 3.81. The molecule has 1 aromatic carbocycles. The molecule has 19 heavy (non-hydrogen) atoms. The number of benzene rings is 1. The highest BCUT2D eigenvalue weighted by Crippen LogP contribution is 2.19. The molecular weight excluding hydrogens is 238 g/mol. The van der Waals surface area contributed by atoms with E-state index in [-0.39, 0.29) is 6.03 Å². The summed E-state index contributed by atoms with van der Waals surface area (Å²) < 4.78 is 0. The molecule has 102 valence electrons. The molecule has 1 saturated carbocycles. The fourth-order valence-electron chi connectivity index (χ4n) is 2.44. The molecule has 1 N–H and O–H groups in total. The van der Waals surface area contributed by atoms with Crippen molar-refractivity contribution in [2.24, 2.45) is 0 Å². The van der Waals surface area contributed by atoms with Crippen molar-refractivity contribution in [3.63, 3.8) is 0 Å². The highest BCUT2D eigenvalue weighted by molar-refractivity contribution is 5.75. The van der Waals surface area contributed by atoms with Gasteiger partial charge in [-0.2, -0.15) is 0 Å². The Hall–Kier alpha value is -1.55. The van der Waals surface area contributed by atoms with E-state index < -0.39 is 0 Å². The smallest absolute Gasteiger partial charge is 0.317 e. The van der Waals surface area contributed by atoms with Crippen LogP contribution in [0.15, 0.2) is 30.3 Å². The Bertz CT molecular complexity index is 422. The van der Waals surface area contributed by atoms with E-state index in [0.29, 0.717) is 6.04 Å². The van der Waals surface area contributed by atoms with Crippen LogP contribution in [0.5, 0.6) is 0 Å². The number of urea groups is 1. The number of nitrogens with one attached hydrogen (secondary N) is 1. The van der Waals surface area contributed by atoms with Gasteiger partial charge in [-0.15, -0.1) is 0 Å². The molecule has 1 saturated heterocycles. The molecule has 1 aromatic rings. The van der Waals surface area contributed by atoms with Crippen LogP contribution < -0.4 is 5.32 Å². The van der Waals surface area contributed by atoms with Crippen LogP contribution in [-0.4, -0.2) is 48.1 Å². The van der Waals surface area contributed by atoms with Crippen LogP contribution in [0.3, 0.4) is 0 Å². The number of hydrogen-bond acceptors (Lipinski definition) is 2. The summed E-state index contributed by atoms with van der Waals surface area (Å²) in [6.45, 7) is 4.59. The number of carbonyl (C=O) groups excluding carboxylic acids is 1. The fourth-order valence-corrected chi connectivity index (χ4v) is 2.44. The largest absolute Gasteiger partial charge is 0.335 e. The van der Waals surface area contributed by atoms with E-state index in [2.05, 4.69) is 34.5 Å². The predicted octanol–water partition coefficient (Wildman–Crippen LogP) is 1.68. The van der Waals surface area contributed by atoms with E-state index in [0.717, 1.165) is 45.6 Å². The molecule has 0 spiro atoms. The molecule has 0 aromatic heterocycles. The lowest BCUT2D eigenvalue weighted by molar-refractivity contribution is 0.135. The van der Waals surface area contributed by atoms with Crippen molar-refractivity contribution in [2.45, 2.75) is 25.4 Å². The lowest BCUT2D eigenvalue weighted by atomic mass is 10.2. The fraction of sp³-hybridized carbons (Fsp3) is 0.533. The second-order valence-corrected chi connectivity index (χ2v) is 5.47.